The number of nitrogens with zero attached hydrogens (tertiary/aromatic N) is 1. The Balaban J connectivity index is 1.89. The van der Waals surface area contributed by atoms with E-state index < -0.39 is 0 Å². The number of pyridine rings is 1. The van der Waals surface area contributed by atoms with Gasteiger partial charge in [0.1, 0.15) is 0 Å². The zero-order valence-electron chi connectivity index (χ0n) is 9.69. The molecule has 0 bridgehead atoms. The highest BCUT2D eigenvalue weighted by molar-refractivity contribution is 7.17. The second kappa shape index (κ2) is 4.63. The third kappa shape index (κ3) is 2.15. The van der Waals surface area contributed by atoms with Crippen molar-refractivity contribution in [1.29, 1.82) is 0 Å². The number of hydrogen-bond acceptors (Lipinski definition) is 3. The first-order valence-electron chi connectivity index (χ1n) is 6.12. The van der Waals surface area contributed by atoms with Crippen LogP contribution in [0.2, 0.25) is 0 Å². The van der Waals surface area contributed by atoms with Crippen LogP contribution in [0.4, 0.5) is 0 Å². The summed E-state index contributed by atoms with van der Waals surface area (Å²) in [6.45, 7) is 3.00. The first-order valence-corrected chi connectivity index (χ1v) is 7.00. The predicted molar refractivity (Wildman–Crippen MR) is 71.7 cm³/mol. The second-order valence-corrected chi connectivity index (χ2v) is 5.63. The Morgan fingerprint density at radius 3 is 3.24 bits per heavy atom. The van der Waals surface area contributed by atoms with Crippen LogP contribution < -0.4 is 10.9 Å². The van der Waals surface area contributed by atoms with E-state index in [0.717, 1.165) is 29.7 Å². The van der Waals surface area contributed by atoms with Gasteiger partial charge < -0.3 is 9.88 Å². The smallest absolute Gasteiger partial charge is 0.259 e. The Labute approximate surface area is 104 Å². The molecule has 2 aromatic heterocycles. The fourth-order valence-electron chi connectivity index (χ4n) is 2.51. The van der Waals surface area contributed by atoms with Crippen molar-refractivity contribution in [1.82, 2.24) is 9.88 Å². The van der Waals surface area contributed by atoms with Crippen LogP contribution in [-0.4, -0.2) is 17.7 Å². The predicted octanol–water partition coefficient (Wildman–Crippen LogP) is 2.06. The summed E-state index contributed by atoms with van der Waals surface area (Å²) in [6, 6.07) is 3.98. The van der Waals surface area contributed by atoms with Crippen LogP contribution in [0.5, 0.6) is 0 Å². The van der Waals surface area contributed by atoms with Gasteiger partial charge in [-0.3, -0.25) is 4.79 Å². The third-order valence-corrected chi connectivity index (χ3v) is 4.33. The quantitative estimate of drug-likeness (QED) is 0.882. The Hall–Kier alpha value is -1.13. The largest absolute Gasteiger partial charge is 0.316 e. The molecule has 0 aliphatic carbocycles. The molecule has 0 unspecified atom stereocenters. The fourth-order valence-corrected chi connectivity index (χ4v) is 3.28. The molecule has 4 heteroatoms. The molecule has 1 aliphatic heterocycles. The SMILES string of the molecule is O=c1c2ccsc2ccn1C[C@H]1CCCNC1. The molecule has 1 saturated heterocycles. The van der Waals surface area contributed by atoms with Gasteiger partial charge in [0.15, 0.2) is 0 Å². The van der Waals surface area contributed by atoms with Crippen LogP contribution in [0.1, 0.15) is 12.8 Å². The van der Waals surface area contributed by atoms with Crippen molar-refractivity contribution in [2.75, 3.05) is 13.1 Å². The molecule has 1 atom stereocenters. The first kappa shape index (κ1) is 11.0. The maximum absolute atomic E-state index is 12.2. The normalized spacial score (nSPS) is 20.8. The minimum Gasteiger partial charge on any atom is -0.316 e. The number of rotatable bonds is 2. The van der Waals surface area contributed by atoms with Crippen molar-refractivity contribution in [2.24, 2.45) is 5.92 Å². The maximum Gasteiger partial charge on any atom is 0.259 e. The van der Waals surface area contributed by atoms with Crippen LogP contribution in [0.15, 0.2) is 28.5 Å². The van der Waals surface area contributed by atoms with E-state index in [9.17, 15) is 4.79 Å². The summed E-state index contributed by atoms with van der Waals surface area (Å²) in [7, 11) is 0. The number of thiophene rings is 1. The molecule has 0 amide bonds. The van der Waals surface area contributed by atoms with E-state index in [1.54, 1.807) is 11.3 Å². The standard InChI is InChI=1S/C13H16N2OS/c16-13-11-4-7-17-12(11)3-6-15(13)9-10-2-1-5-14-8-10/h3-4,6-7,10,14H,1-2,5,8-9H2/t10-/m0/s1. The molecular formula is C13H16N2OS. The lowest BCUT2D eigenvalue weighted by Crippen LogP contribution is -2.34. The van der Waals surface area contributed by atoms with Gasteiger partial charge in [0.25, 0.3) is 5.56 Å². The topological polar surface area (TPSA) is 34.0 Å². The molecule has 1 N–H and O–H groups in total. The number of hydrogen-bond donors (Lipinski definition) is 1. The third-order valence-electron chi connectivity index (χ3n) is 3.45. The molecule has 17 heavy (non-hydrogen) atoms. The van der Waals surface area contributed by atoms with Gasteiger partial charge in [-0.1, -0.05) is 0 Å². The van der Waals surface area contributed by atoms with Crippen molar-refractivity contribution < 1.29 is 0 Å². The van der Waals surface area contributed by atoms with Gasteiger partial charge in [0, 0.05) is 17.4 Å². The van der Waals surface area contributed by atoms with E-state index in [1.165, 1.54) is 12.8 Å². The lowest BCUT2D eigenvalue weighted by Gasteiger charge is -2.23. The zero-order chi connectivity index (χ0) is 11.7. The van der Waals surface area contributed by atoms with Crippen molar-refractivity contribution in [2.45, 2.75) is 19.4 Å². The van der Waals surface area contributed by atoms with Gasteiger partial charge in [-0.25, -0.2) is 0 Å². The summed E-state index contributed by atoms with van der Waals surface area (Å²) in [5.74, 6) is 0.595. The van der Waals surface area contributed by atoms with Crippen LogP contribution in [-0.2, 0) is 6.54 Å². The maximum atomic E-state index is 12.2. The number of aromatic nitrogens is 1. The van der Waals surface area contributed by atoms with Gasteiger partial charge in [0.05, 0.1) is 5.39 Å². The highest BCUT2D eigenvalue weighted by Crippen LogP contribution is 2.17. The average Bonchev–Trinajstić information content (AvgIpc) is 2.83. The molecule has 0 radical (unpaired) electrons. The van der Waals surface area contributed by atoms with Crippen LogP contribution in [0.3, 0.4) is 0 Å². The van der Waals surface area contributed by atoms with Gasteiger partial charge in [-0.15, -0.1) is 11.3 Å². The second-order valence-electron chi connectivity index (χ2n) is 4.68. The summed E-state index contributed by atoms with van der Waals surface area (Å²) < 4.78 is 2.96. The Morgan fingerprint density at radius 2 is 2.41 bits per heavy atom. The highest BCUT2D eigenvalue weighted by atomic mass is 32.1. The molecule has 3 rings (SSSR count). The summed E-state index contributed by atoms with van der Waals surface area (Å²) in [4.78, 5) is 12.2. The lowest BCUT2D eigenvalue weighted by molar-refractivity contribution is 0.334. The molecule has 1 aliphatic rings. The van der Waals surface area contributed by atoms with Crippen molar-refractivity contribution >= 4 is 21.4 Å². The lowest BCUT2D eigenvalue weighted by atomic mass is 9.99. The molecule has 90 valence electrons. The Bertz CT molecular complexity index is 566. The van der Waals surface area contributed by atoms with Crippen LogP contribution in [0, 0.1) is 5.92 Å². The molecule has 2 aromatic rings. The molecule has 3 heterocycles. The summed E-state index contributed by atoms with van der Waals surface area (Å²) >= 11 is 1.63. The van der Waals surface area contributed by atoms with E-state index >= 15 is 0 Å². The Kier molecular flexibility index (Phi) is 2.99. The summed E-state index contributed by atoms with van der Waals surface area (Å²) in [5.41, 5.74) is 0.161. The fraction of sp³-hybridized carbons (Fsp3) is 0.462. The minimum atomic E-state index is 0.161. The monoisotopic (exact) mass is 248 g/mol. The molecular weight excluding hydrogens is 232 g/mol. The zero-order valence-corrected chi connectivity index (χ0v) is 10.5. The van der Waals surface area contributed by atoms with Crippen molar-refractivity contribution in [3.63, 3.8) is 0 Å². The van der Waals surface area contributed by atoms with E-state index in [0.29, 0.717) is 5.92 Å². The molecule has 1 fully saturated rings. The minimum absolute atomic E-state index is 0.161. The number of nitrogens with one attached hydrogen (secondary N) is 1. The van der Waals surface area contributed by atoms with E-state index in [2.05, 4.69) is 11.4 Å². The van der Waals surface area contributed by atoms with Gasteiger partial charge in [-0.2, -0.15) is 0 Å². The molecule has 0 spiro atoms. The summed E-state index contributed by atoms with van der Waals surface area (Å²) in [5, 5.41) is 6.24. The van der Waals surface area contributed by atoms with Gasteiger partial charge in [-0.05, 0) is 49.4 Å². The van der Waals surface area contributed by atoms with E-state index in [-0.39, 0.29) is 5.56 Å². The Morgan fingerprint density at radius 1 is 1.47 bits per heavy atom. The highest BCUT2D eigenvalue weighted by Gasteiger charge is 2.14. The first-order chi connectivity index (χ1) is 8.34. The van der Waals surface area contributed by atoms with Crippen LogP contribution in [0.25, 0.3) is 10.1 Å². The molecule has 0 saturated carbocycles. The van der Waals surface area contributed by atoms with E-state index in [4.69, 9.17) is 0 Å². The van der Waals surface area contributed by atoms with E-state index in [1.807, 2.05) is 22.2 Å². The van der Waals surface area contributed by atoms with Gasteiger partial charge >= 0.3 is 0 Å². The van der Waals surface area contributed by atoms with Crippen LogP contribution >= 0.6 is 11.3 Å². The summed E-state index contributed by atoms with van der Waals surface area (Å²) in [6.07, 6.45) is 4.39. The molecule has 0 aromatic carbocycles. The van der Waals surface area contributed by atoms with Gasteiger partial charge in [0.2, 0.25) is 0 Å². The van der Waals surface area contributed by atoms with Crippen molar-refractivity contribution in [3.8, 4) is 0 Å². The number of piperidine rings is 1. The van der Waals surface area contributed by atoms with Crippen molar-refractivity contribution in [3.05, 3.63) is 34.1 Å². The average molecular weight is 248 g/mol. The number of fused-ring (bicyclic) bond motifs is 1. The molecule has 3 nitrogen and oxygen atoms in total.